The van der Waals surface area contributed by atoms with Crippen molar-refractivity contribution in [3.8, 4) is 0 Å². The van der Waals surface area contributed by atoms with Crippen LogP contribution in [0.5, 0.6) is 0 Å². The molecule has 1 amide bonds. The zero-order valence-corrected chi connectivity index (χ0v) is 11.9. The Balaban J connectivity index is 2.17. The van der Waals surface area contributed by atoms with Gasteiger partial charge >= 0.3 is 5.97 Å². The van der Waals surface area contributed by atoms with E-state index >= 15 is 0 Å². The molecule has 1 saturated heterocycles. The van der Waals surface area contributed by atoms with E-state index in [1.807, 2.05) is 7.05 Å². The summed E-state index contributed by atoms with van der Waals surface area (Å²) in [5.74, 6) is -1.19. The van der Waals surface area contributed by atoms with Crippen molar-refractivity contribution < 1.29 is 19.4 Å². The van der Waals surface area contributed by atoms with Gasteiger partial charge in [-0.3, -0.25) is 4.79 Å². The minimum atomic E-state index is -0.992. The van der Waals surface area contributed by atoms with Gasteiger partial charge in [0, 0.05) is 12.6 Å². The Bertz CT molecular complexity index is 320. The summed E-state index contributed by atoms with van der Waals surface area (Å²) in [5.41, 5.74) is 0. The first kappa shape index (κ1) is 15.9. The zero-order chi connectivity index (χ0) is 14.4. The second kappa shape index (κ2) is 7.45. The lowest BCUT2D eigenvalue weighted by Gasteiger charge is -2.21. The Morgan fingerprint density at radius 3 is 2.53 bits per heavy atom. The summed E-state index contributed by atoms with van der Waals surface area (Å²) in [6.07, 6.45) is 0.319. The lowest BCUT2D eigenvalue weighted by Crippen LogP contribution is -2.37. The lowest BCUT2D eigenvalue weighted by molar-refractivity contribution is -0.151. The van der Waals surface area contributed by atoms with Crippen molar-refractivity contribution in [2.45, 2.75) is 51.4 Å². The predicted octanol–water partition coefficient (Wildman–Crippen LogP) is 0.465. The van der Waals surface area contributed by atoms with Crippen molar-refractivity contribution in [1.82, 2.24) is 10.2 Å². The second-order valence-corrected chi connectivity index (χ2v) is 5.25. The Kier molecular flexibility index (Phi) is 6.24. The smallest absolute Gasteiger partial charge is 0.332 e. The number of ether oxygens (including phenoxy) is 1. The van der Waals surface area contributed by atoms with Crippen molar-refractivity contribution in [3.05, 3.63) is 0 Å². The summed E-state index contributed by atoms with van der Waals surface area (Å²) in [4.78, 5) is 24.7. The first-order valence-electron chi connectivity index (χ1n) is 6.78. The Morgan fingerprint density at radius 2 is 2.00 bits per heavy atom. The van der Waals surface area contributed by atoms with Crippen LogP contribution in [-0.2, 0) is 14.3 Å². The monoisotopic (exact) mass is 272 g/mol. The number of nitrogens with one attached hydrogen (secondary N) is 1. The predicted molar refractivity (Wildman–Crippen MR) is 70.9 cm³/mol. The lowest BCUT2D eigenvalue weighted by atomic mass is 10.2. The number of aliphatic carboxylic acids is 1. The average molecular weight is 272 g/mol. The van der Waals surface area contributed by atoms with E-state index in [1.54, 1.807) is 0 Å². The summed E-state index contributed by atoms with van der Waals surface area (Å²) >= 11 is 0. The van der Waals surface area contributed by atoms with Gasteiger partial charge < -0.3 is 20.1 Å². The molecule has 110 valence electrons. The van der Waals surface area contributed by atoms with Crippen LogP contribution in [-0.4, -0.2) is 60.3 Å². The van der Waals surface area contributed by atoms with Gasteiger partial charge in [0.05, 0.1) is 0 Å². The molecule has 6 nitrogen and oxygen atoms in total. The Labute approximate surface area is 114 Å². The Morgan fingerprint density at radius 1 is 1.37 bits per heavy atom. The molecule has 0 radical (unpaired) electrons. The minimum absolute atomic E-state index is 0.198. The normalized spacial score (nSPS) is 23.0. The third-order valence-corrected chi connectivity index (χ3v) is 3.46. The number of carboxylic acid groups (broad SMARTS) is 1. The van der Waals surface area contributed by atoms with E-state index in [9.17, 15) is 9.59 Å². The van der Waals surface area contributed by atoms with Gasteiger partial charge in [-0.1, -0.05) is 0 Å². The van der Waals surface area contributed by atoms with Crippen LogP contribution in [0.2, 0.25) is 0 Å². The fourth-order valence-electron chi connectivity index (χ4n) is 1.92. The maximum absolute atomic E-state index is 11.7. The second-order valence-electron chi connectivity index (χ2n) is 5.25. The molecule has 6 heteroatoms. The number of amides is 1. The molecule has 0 bridgehead atoms. The number of carbonyl (C=O) groups excluding carboxylic acids is 1. The standard InChI is InChI=1S/C13H24N2O4/c1-9(2)15(3)8-4-7-14-12(16)10-5-6-11(19-10)13(17)18/h9-11H,4-8H2,1-3H3,(H,14,16)(H,17,18). The molecule has 1 aliphatic heterocycles. The SMILES string of the molecule is CC(C)N(C)CCCNC(=O)C1CCC(C(=O)O)O1. The van der Waals surface area contributed by atoms with Gasteiger partial charge in [0.15, 0.2) is 6.10 Å². The molecule has 2 unspecified atom stereocenters. The van der Waals surface area contributed by atoms with Crippen molar-refractivity contribution in [1.29, 1.82) is 0 Å². The van der Waals surface area contributed by atoms with Crippen LogP contribution in [0.15, 0.2) is 0 Å². The van der Waals surface area contributed by atoms with E-state index in [0.29, 0.717) is 25.4 Å². The molecule has 2 atom stereocenters. The van der Waals surface area contributed by atoms with Crippen LogP contribution in [0.25, 0.3) is 0 Å². The van der Waals surface area contributed by atoms with E-state index in [2.05, 4.69) is 24.1 Å². The van der Waals surface area contributed by atoms with Crippen LogP contribution in [0, 0.1) is 0 Å². The molecule has 1 aliphatic rings. The molecule has 1 fully saturated rings. The van der Waals surface area contributed by atoms with Crippen LogP contribution >= 0.6 is 0 Å². The van der Waals surface area contributed by atoms with Crippen LogP contribution < -0.4 is 5.32 Å². The molecular formula is C13H24N2O4. The number of hydrogen-bond acceptors (Lipinski definition) is 4. The van der Waals surface area contributed by atoms with E-state index < -0.39 is 18.2 Å². The summed E-state index contributed by atoms with van der Waals surface area (Å²) < 4.78 is 5.18. The maximum atomic E-state index is 11.7. The molecule has 1 heterocycles. The van der Waals surface area contributed by atoms with Crippen molar-refractivity contribution in [2.24, 2.45) is 0 Å². The third kappa shape index (κ3) is 5.16. The number of carbonyl (C=O) groups is 2. The first-order valence-corrected chi connectivity index (χ1v) is 6.78. The minimum Gasteiger partial charge on any atom is -0.479 e. The van der Waals surface area contributed by atoms with Gasteiger partial charge in [-0.25, -0.2) is 4.79 Å². The van der Waals surface area contributed by atoms with Gasteiger partial charge in [0.1, 0.15) is 6.10 Å². The maximum Gasteiger partial charge on any atom is 0.332 e. The number of carboxylic acids is 1. The molecule has 1 rings (SSSR count). The topological polar surface area (TPSA) is 78.9 Å². The zero-order valence-electron chi connectivity index (χ0n) is 11.9. The van der Waals surface area contributed by atoms with Gasteiger partial charge in [0.25, 0.3) is 0 Å². The van der Waals surface area contributed by atoms with Crippen molar-refractivity contribution in [3.63, 3.8) is 0 Å². The van der Waals surface area contributed by atoms with Gasteiger partial charge in [-0.15, -0.1) is 0 Å². The van der Waals surface area contributed by atoms with E-state index in [4.69, 9.17) is 9.84 Å². The van der Waals surface area contributed by atoms with Crippen molar-refractivity contribution in [2.75, 3.05) is 20.1 Å². The largest absolute Gasteiger partial charge is 0.479 e. The summed E-state index contributed by atoms with van der Waals surface area (Å²) in [5, 5.41) is 11.6. The van der Waals surface area contributed by atoms with Gasteiger partial charge in [-0.05, 0) is 46.7 Å². The fraction of sp³-hybridized carbons (Fsp3) is 0.846. The quantitative estimate of drug-likeness (QED) is 0.658. The fourth-order valence-corrected chi connectivity index (χ4v) is 1.92. The highest BCUT2D eigenvalue weighted by Gasteiger charge is 2.34. The van der Waals surface area contributed by atoms with Crippen molar-refractivity contribution >= 4 is 11.9 Å². The number of rotatable bonds is 7. The van der Waals surface area contributed by atoms with Gasteiger partial charge in [0.2, 0.25) is 5.91 Å². The molecule has 0 aromatic heterocycles. The van der Waals surface area contributed by atoms with Crippen LogP contribution in [0.1, 0.15) is 33.1 Å². The summed E-state index contributed by atoms with van der Waals surface area (Å²) in [7, 11) is 2.05. The molecule has 0 aromatic rings. The molecular weight excluding hydrogens is 248 g/mol. The highest BCUT2D eigenvalue weighted by molar-refractivity contribution is 5.82. The molecule has 0 aliphatic carbocycles. The number of hydrogen-bond donors (Lipinski definition) is 2. The van der Waals surface area contributed by atoms with Gasteiger partial charge in [-0.2, -0.15) is 0 Å². The van der Waals surface area contributed by atoms with E-state index in [1.165, 1.54) is 0 Å². The van der Waals surface area contributed by atoms with E-state index in [-0.39, 0.29) is 5.91 Å². The summed E-state index contributed by atoms with van der Waals surface area (Å²) in [6, 6.07) is 0.491. The molecule has 0 aromatic carbocycles. The van der Waals surface area contributed by atoms with Crippen LogP contribution in [0.3, 0.4) is 0 Å². The van der Waals surface area contributed by atoms with Crippen LogP contribution in [0.4, 0.5) is 0 Å². The summed E-state index contributed by atoms with van der Waals surface area (Å²) in [6.45, 7) is 5.75. The highest BCUT2D eigenvalue weighted by Crippen LogP contribution is 2.19. The molecule has 19 heavy (non-hydrogen) atoms. The van der Waals surface area contributed by atoms with E-state index in [0.717, 1.165) is 13.0 Å². The Hall–Kier alpha value is -1.14. The molecule has 0 spiro atoms. The average Bonchev–Trinajstić information content (AvgIpc) is 2.83. The highest BCUT2D eigenvalue weighted by atomic mass is 16.5. The molecule has 2 N–H and O–H groups in total. The third-order valence-electron chi connectivity index (χ3n) is 3.46. The molecule has 0 saturated carbocycles. The first-order chi connectivity index (χ1) is 8.91. The number of nitrogens with zero attached hydrogens (tertiary/aromatic N) is 1.